The minimum Gasteiger partial charge on any atom is -0.491 e. The lowest BCUT2D eigenvalue weighted by atomic mass is 9.67. The van der Waals surface area contributed by atoms with Gasteiger partial charge in [0.2, 0.25) is 0 Å². The Balaban J connectivity index is 1.19. The zero-order valence-corrected chi connectivity index (χ0v) is 25.4. The van der Waals surface area contributed by atoms with Gasteiger partial charge in [-0.2, -0.15) is 13.2 Å². The third kappa shape index (κ3) is 8.40. The molecule has 0 amide bonds. The normalized spacial score (nSPS) is 29.9. The second kappa shape index (κ2) is 14.8. The average molecular weight is 567 g/mol. The summed E-state index contributed by atoms with van der Waals surface area (Å²) in [6, 6.07) is 1.44. The Morgan fingerprint density at radius 1 is 0.700 bits per heavy atom. The van der Waals surface area contributed by atoms with E-state index >= 15 is 0 Å². The summed E-state index contributed by atoms with van der Waals surface area (Å²) < 4.78 is 61.5. The summed E-state index contributed by atoms with van der Waals surface area (Å²) in [6.45, 7) is 5.76. The number of rotatable bonds is 11. The van der Waals surface area contributed by atoms with E-state index in [1.54, 1.807) is 13.8 Å². The number of ether oxygens (including phenoxy) is 1. The van der Waals surface area contributed by atoms with Crippen molar-refractivity contribution in [3.05, 3.63) is 28.6 Å². The van der Waals surface area contributed by atoms with Crippen LogP contribution in [0.2, 0.25) is 0 Å². The number of alkyl halides is 3. The molecule has 1 nitrogen and oxygen atoms in total. The Kier molecular flexibility index (Phi) is 11.7. The van der Waals surface area contributed by atoms with Crippen molar-refractivity contribution in [2.45, 2.75) is 143 Å². The lowest BCUT2D eigenvalue weighted by Gasteiger charge is -2.38. The van der Waals surface area contributed by atoms with Gasteiger partial charge in [0, 0.05) is 0 Å². The van der Waals surface area contributed by atoms with Gasteiger partial charge in [0.05, 0.1) is 12.2 Å². The molecular weight excluding hydrogens is 512 g/mol. The Morgan fingerprint density at radius 3 is 1.60 bits per heavy atom. The lowest BCUT2D eigenvalue weighted by Crippen LogP contribution is -2.26. The van der Waals surface area contributed by atoms with Crippen molar-refractivity contribution < 1.29 is 22.3 Å². The molecule has 0 N–H and O–H groups in total. The summed E-state index contributed by atoms with van der Waals surface area (Å²) in [6.07, 6.45) is 18.0. The zero-order valence-electron chi connectivity index (χ0n) is 25.4. The molecule has 3 saturated carbocycles. The van der Waals surface area contributed by atoms with Crippen molar-refractivity contribution in [2.24, 2.45) is 35.5 Å². The standard InChI is InChI=1S/C35H54F4O/c1-4-6-25-7-9-26(10-8-25)11-12-27-13-18-29(19-14-27)30-20-15-28(16-21-30)17-22-31-24(3)23-32(40-5-2)34(36)33(31)35(37,38)39/h23,25-30H,4-22H2,1-3H3. The Hall–Kier alpha value is -1.26. The van der Waals surface area contributed by atoms with Crippen LogP contribution >= 0.6 is 0 Å². The second-order valence-electron chi connectivity index (χ2n) is 13.6. The molecule has 4 rings (SSSR count). The maximum absolute atomic E-state index is 14.8. The maximum atomic E-state index is 14.8. The van der Waals surface area contributed by atoms with E-state index < -0.39 is 17.6 Å². The molecule has 0 radical (unpaired) electrons. The summed E-state index contributed by atoms with van der Waals surface area (Å²) in [5.74, 6) is 3.45. The van der Waals surface area contributed by atoms with Gasteiger partial charge in [0.1, 0.15) is 0 Å². The first-order valence-electron chi connectivity index (χ1n) is 16.7. The molecule has 228 valence electrons. The molecule has 0 spiro atoms. The van der Waals surface area contributed by atoms with Crippen molar-refractivity contribution >= 4 is 0 Å². The average Bonchev–Trinajstić information content (AvgIpc) is 2.94. The predicted molar refractivity (Wildman–Crippen MR) is 156 cm³/mol. The van der Waals surface area contributed by atoms with Crippen LogP contribution in [0.4, 0.5) is 17.6 Å². The molecule has 0 unspecified atom stereocenters. The lowest BCUT2D eigenvalue weighted by molar-refractivity contribution is -0.140. The van der Waals surface area contributed by atoms with Crippen molar-refractivity contribution in [1.82, 2.24) is 0 Å². The number of hydrogen-bond donors (Lipinski definition) is 0. The maximum Gasteiger partial charge on any atom is 0.419 e. The highest BCUT2D eigenvalue weighted by Crippen LogP contribution is 2.45. The van der Waals surface area contributed by atoms with Gasteiger partial charge in [-0.05, 0) is 105 Å². The van der Waals surface area contributed by atoms with Crippen LogP contribution in [0, 0.1) is 48.2 Å². The van der Waals surface area contributed by atoms with Crippen LogP contribution in [0.1, 0.15) is 140 Å². The van der Waals surface area contributed by atoms with E-state index in [4.69, 9.17) is 4.74 Å². The Morgan fingerprint density at radius 2 is 1.15 bits per heavy atom. The Bertz CT molecular complexity index is 901. The Labute approximate surface area is 241 Å². The molecule has 1 aromatic rings. The van der Waals surface area contributed by atoms with E-state index in [0.717, 1.165) is 42.4 Å². The molecule has 0 bridgehead atoms. The third-order valence-electron chi connectivity index (χ3n) is 11.0. The second-order valence-corrected chi connectivity index (χ2v) is 13.6. The molecule has 0 atom stereocenters. The fraction of sp³-hybridized carbons (Fsp3) is 0.829. The zero-order chi connectivity index (χ0) is 28.7. The van der Waals surface area contributed by atoms with Gasteiger partial charge in [0.25, 0.3) is 0 Å². The topological polar surface area (TPSA) is 9.23 Å². The van der Waals surface area contributed by atoms with Crippen LogP contribution in [-0.4, -0.2) is 6.61 Å². The van der Waals surface area contributed by atoms with Gasteiger partial charge in [-0.3, -0.25) is 0 Å². The van der Waals surface area contributed by atoms with Crippen LogP contribution in [0.5, 0.6) is 5.75 Å². The molecule has 5 heteroatoms. The van der Waals surface area contributed by atoms with Crippen LogP contribution in [0.3, 0.4) is 0 Å². The van der Waals surface area contributed by atoms with E-state index in [2.05, 4.69) is 6.92 Å². The van der Waals surface area contributed by atoms with E-state index in [-0.39, 0.29) is 24.3 Å². The minimum atomic E-state index is -4.72. The highest BCUT2D eigenvalue weighted by atomic mass is 19.4. The van der Waals surface area contributed by atoms with Gasteiger partial charge in [-0.15, -0.1) is 0 Å². The van der Waals surface area contributed by atoms with E-state index in [1.165, 1.54) is 96.0 Å². The van der Waals surface area contributed by atoms with Crippen LogP contribution in [0.25, 0.3) is 0 Å². The van der Waals surface area contributed by atoms with Crippen molar-refractivity contribution in [3.8, 4) is 5.75 Å². The number of hydrogen-bond acceptors (Lipinski definition) is 1. The highest BCUT2D eigenvalue weighted by molar-refractivity contribution is 5.45. The van der Waals surface area contributed by atoms with Crippen molar-refractivity contribution in [2.75, 3.05) is 6.61 Å². The summed E-state index contributed by atoms with van der Waals surface area (Å²) >= 11 is 0. The number of halogens is 4. The van der Waals surface area contributed by atoms with Gasteiger partial charge < -0.3 is 4.74 Å². The van der Waals surface area contributed by atoms with Gasteiger partial charge in [0.15, 0.2) is 11.6 Å². The van der Waals surface area contributed by atoms with Gasteiger partial charge in [-0.1, -0.05) is 84.0 Å². The molecule has 3 aliphatic rings. The first-order chi connectivity index (χ1) is 19.2. The van der Waals surface area contributed by atoms with Crippen molar-refractivity contribution in [1.29, 1.82) is 0 Å². The molecular formula is C35H54F4O. The molecule has 40 heavy (non-hydrogen) atoms. The van der Waals surface area contributed by atoms with Crippen molar-refractivity contribution in [3.63, 3.8) is 0 Å². The molecule has 3 fully saturated rings. The summed E-state index contributed by atoms with van der Waals surface area (Å²) in [5, 5.41) is 0. The summed E-state index contributed by atoms with van der Waals surface area (Å²) in [4.78, 5) is 0. The van der Waals surface area contributed by atoms with Crippen LogP contribution in [-0.2, 0) is 12.6 Å². The monoisotopic (exact) mass is 566 g/mol. The largest absolute Gasteiger partial charge is 0.491 e. The van der Waals surface area contributed by atoms with Gasteiger partial charge >= 0.3 is 6.18 Å². The molecule has 0 saturated heterocycles. The third-order valence-corrected chi connectivity index (χ3v) is 11.0. The molecule has 0 aromatic heterocycles. The highest BCUT2D eigenvalue weighted by Gasteiger charge is 2.39. The predicted octanol–water partition coefficient (Wildman–Crippen LogP) is 11.5. The minimum absolute atomic E-state index is 0.114. The summed E-state index contributed by atoms with van der Waals surface area (Å²) in [7, 11) is 0. The van der Waals surface area contributed by atoms with Crippen LogP contribution in [0.15, 0.2) is 6.07 Å². The number of benzene rings is 1. The molecule has 0 aliphatic heterocycles. The summed E-state index contributed by atoms with van der Waals surface area (Å²) in [5.41, 5.74) is -0.528. The van der Waals surface area contributed by atoms with E-state index in [9.17, 15) is 17.6 Å². The SMILES string of the molecule is CCCC1CCC(CCC2CCC(C3CCC(CCc4c(C)cc(OCC)c(F)c4C(F)(F)F)CC3)CC2)CC1. The smallest absolute Gasteiger partial charge is 0.419 e. The van der Waals surface area contributed by atoms with Crippen LogP contribution < -0.4 is 4.74 Å². The fourth-order valence-corrected chi connectivity index (χ4v) is 8.61. The first kappa shape index (κ1) is 31.7. The first-order valence-corrected chi connectivity index (χ1v) is 16.7. The van der Waals surface area contributed by atoms with E-state index in [1.807, 2.05) is 0 Å². The number of aryl methyl sites for hydroxylation is 1. The molecule has 3 aliphatic carbocycles. The molecule has 0 heterocycles. The van der Waals surface area contributed by atoms with Gasteiger partial charge in [-0.25, -0.2) is 4.39 Å². The quantitative estimate of drug-likeness (QED) is 0.242. The molecule has 1 aromatic carbocycles. The van der Waals surface area contributed by atoms with E-state index in [0.29, 0.717) is 17.9 Å². The fourth-order valence-electron chi connectivity index (χ4n) is 8.61.